The molecule has 0 spiro atoms. The van der Waals surface area contributed by atoms with Gasteiger partial charge in [-0.3, -0.25) is 4.90 Å². The van der Waals surface area contributed by atoms with Crippen molar-refractivity contribution in [2.24, 2.45) is 0 Å². The van der Waals surface area contributed by atoms with Crippen molar-refractivity contribution in [3.05, 3.63) is 23.7 Å². The van der Waals surface area contributed by atoms with Crippen molar-refractivity contribution in [1.29, 1.82) is 0 Å². The zero-order chi connectivity index (χ0) is 13.0. The lowest BCUT2D eigenvalue weighted by atomic mass is 10.0. The minimum absolute atomic E-state index is 0.752. The van der Waals surface area contributed by atoms with E-state index in [0.717, 1.165) is 24.9 Å². The van der Waals surface area contributed by atoms with Crippen molar-refractivity contribution in [3.8, 4) is 0 Å². The van der Waals surface area contributed by atoms with Crippen LogP contribution in [0, 0.1) is 0 Å². The molecule has 2 rings (SSSR count). The fourth-order valence-electron chi connectivity index (χ4n) is 2.66. The summed E-state index contributed by atoms with van der Waals surface area (Å²) in [6.45, 7) is 4.21. The Hall–Kier alpha value is -0.840. The van der Waals surface area contributed by atoms with Crippen molar-refractivity contribution in [1.82, 2.24) is 15.1 Å². The summed E-state index contributed by atoms with van der Waals surface area (Å²) in [5, 5.41) is 3.15. The highest BCUT2D eigenvalue weighted by Crippen LogP contribution is 2.19. The molecule has 18 heavy (non-hydrogen) atoms. The van der Waals surface area contributed by atoms with Crippen molar-refractivity contribution in [3.63, 3.8) is 0 Å². The predicted molar refractivity (Wildman–Crippen MR) is 73.5 cm³/mol. The maximum absolute atomic E-state index is 5.51. The van der Waals surface area contributed by atoms with Crippen molar-refractivity contribution < 1.29 is 4.42 Å². The van der Waals surface area contributed by atoms with E-state index in [2.05, 4.69) is 35.3 Å². The normalized spacial score (nSPS) is 18.7. The van der Waals surface area contributed by atoms with Gasteiger partial charge in [-0.25, -0.2) is 0 Å². The molecule has 4 heteroatoms. The molecular weight excluding hydrogens is 226 g/mol. The zero-order valence-corrected chi connectivity index (χ0v) is 11.8. The molecule has 0 bridgehead atoms. The molecular formula is C14H25N3O. The molecule has 1 aromatic rings. The quantitative estimate of drug-likeness (QED) is 0.860. The molecule has 1 N–H and O–H groups in total. The lowest BCUT2D eigenvalue weighted by Gasteiger charge is -2.35. The van der Waals surface area contributed by atoms with Crippen molar-refractivity contribution >= 4 is 0 Å². The minimum atomic E-state index is 0.752. The molecule has 2 heterocycles. The average molecular weight is 251 g/mol. The second kappa shape index (κ2) is 6.36. The van der Waals surface area contributed by atoms with Gasteiger partial charge in [0.15, 0.2) is 0 Å². The first-order chi connectivity index (χ1) is 8.70. The largest absolute Gasteiger partial charge is 0.468 e. The third-order valence-electron chi connectivity index (χ3n) is 3.86. The summed E-state index contributed by atoms with van der Waals surface area (Å²) >= 11 is 0. The minimum Gasteiger partial charge on any atom is -0.468 e. The third-order valence-corrected chi connectivity index (χ3v) is 3.86. The number of nitrogens with zero attached hydrogens (tertiary/aromatic N) is 2. The fourth-order valence-corrected chi connectivity index (χ4v) is 2.66. The zero-order valence-electron chi connectivity index (χ0n) is 11.8. The fraction of sp³-hybridized carbons (Fsp3) is 0.714. The topological polar surface area (TPSA) is 31.7 Å². The van der Waals surface area contributed by atoms with E-state index in [1.165, 1.54) is 31.5 Å². The molecule has 0 radical (unpaired) electrons. The Kier molecular flexibility index (Phi) is 4.80. The standard InChI is InChI=1S/C14H25N3O/c1-15-10-14-12(6-9-18-14)11-17-7-4-13(5-8-17)16(2)3/h6,9,13,15H,4-5,7-8,10-11H2,1-3H3. The Bertz CT molecular complexity index is 354. The highest BCUT2D eigenvalue weighted by Gasteiger charge is 2.21. The van der Waals surface area contributed by atoms with Gasteiger partial charge in [0, 0.05) is 18.2 Å². The molecule has 102 valence electrons. The Morgan fingerprint density at radius 3 is 2.72 bits per heavy atom. The van der Waals surface area contributed by atoms with E-state index in [0.29, 0.717) is 0 Å². The van der Waals surface area contributed by atoms with Crippen LogP contribution in [0.2, 0.25) is 0 Å². The predicted octanol–water partition coefficient (Wildman–Crippen LogP) is 1.52. The lowest BCUT2D eigenvalue weighted by molar-refractivity contribution is 0.139. The number of hydrogen-bond acceptors (Lipinski definition) is 4. The molecule has 0 atom stereocenters. The monoisotopic (exact) mass is 251 g/mol. The van der Waals surface area contributed by atoms with Crippen LogP contribution in [0.1, 0.15) is 24.2 Å². The molecule has 1 aliphatic rings. The van der Waals surface area contributed by atoms with Crippen molar-refractivity contribution in [2.75, 3.05) is 34.2 Å². The summed E-state index contributed by atoms with van der Waals surface area (Å²) < 4.78 is 5.51. The van der Waals surface area contributed by atoms with Gasteiger partial charge in [-0.1, -0.05) is 0 Å². The van der Waals surface area contributed by atoms with Crippen molar-refractivity contribution in [2.45, 2.75) is 32.0 Å². The molecule has 4 nitrogen and oxygen atoms in total. The Balaban J connectivity index is 1.85. The molecule has 0 amide bonds. The van der Waals surface area contributed by atoms with Crippen LogP contribution in [-0.4, -0.2) is 50.1 Å². The first kappa shape index (κ1) is 13.6. The third kappa shape index (κ3) is 3.34. The van der Waals surface area contributed by atoms with Gasteiger partial charge in [-0.2, -0.15) is 0 Å². The van der Waals surface area contributed by atoms with Gasteiger partial charge < -0.3 is 14.6 Å². The number of piperidine rings is 1. The van der Waals surface area contributed by atoms with Gasteiger partial charge in [0.1, 0.15) is 5.76 Å². The van der Waals surface area contributed by atoms with Gasteiger partial charge in [0.25, 0.3) is 0 Å². The van der Waals surface area contributed by atoms with Gasteiger partial charge in [-0.05, 0) is 53.1 Å². The summed E-state index contributed by atoms with van der Waals surface area (Å²) in [4.78, 5) is 4.88. The Labute approximate surface area is 110 Å². The van der Waals surface area contributed by atoms with E-state index in [1.54, 1.807) is 6.26 Å². The van der Waals surface area contributed by atoms with Crippen LogP contribution < -0.4 is 5.32 Å². The second-order valence-electron chi connectivity index (χ2n) is 5.37. The Morgan fingerprint density at radius 2 is 2.11 bits per heavy atom. The van der Waals surface area contributed by atoms with E-state index < -0.39 is 0 Å². The smallest absolute Gasteiger partial charge is 0.122 e. The van der Waals surface area contributed by atoms with E-state index >= 15 is 0 Å². The first-order valence-electron chi connectivity index (χ1n) is 6.79. The van der Waals surface area contributed by atoms with E-state index in [1.807, 2.05) is 7.05 Å². The number of nitrogens with one attached hydrogen (secondary N) is 1. The van der Waals surface area contributed by atoms with Gasteiger partial charge in [0.05, 0.1) is 12.8 Å². The van der Waals surface area contributed by atoms with Crippen LogP contribution in [0.4, 0.5) is 0 Å². The molecule has 1 aliphatic heterocycles. The van der Waals surface area contributed by atoms with Crippen LogP contribution in [0.3, 0.4) is 0 Å². The highest BCUT2D eigenvalue weighted by molar-refractivity contribution is 5.16. The lowest BCUT2D eigenvalue weighted by Crippen LogP contribution is -2.41. The molecule has 0 unspecified atom stereocenters. The van der Waals surface area contributed by atoms with E-state index in [-0.39, 0.29) is 0 Å². The van der Waals surface area contributed by atoms with Gasteiger partial charge in [-0.15, -0.1) is 0 Å². The number of furan rings is 1. The maximum atomic E-state index is 5.51. The van der Waals surface area contributed by atoms with Crippen LogP contribution in [0.15, 0.2) is 16.7 Å². The van der Waals surface area contributed by atoms with Crippen LogP contribution in [0.5, 0.6) is 0 Å². The summed E-state index contributed by atoms with van der Waals surface area (Å²) in [6, 6.07) is 2.85. The number of likely N-dealkylation sites (tertiary alicyclic amines) is 1. The first-order valence-corrected chi connectivity index (χ1v) is 6.79. The summed E-state index contributed by atoms with van der Waals surface area (Å²) in [6.07, 6.45) is 4.34. The average Bonchev–Trinajstić information content (AvgIpc) is 2.78. The van der Waals surface area contributed by atoms with E-state index in [9.17, 15) is 0 Å². The summed E-state index contributed by atoms with van der Waals surface area (Å²) in [5.41, 5.74) is 1.33. The molecule has 1 saturated heterocycles. The second-order valence-corrected chi connectivity index (χ2v) is 5.37. The van der Waals surface area contributed by atoms with Gasteiger partial charge in [0.2, 0.25) is 0 Å². The maximum Gasteiger partial charge on any atom is 0.122 e. The highest BCUT2D eigenvalue weighted by atomic mass is 16.3. The summed E-state index contributed by atoms with van der Waals surface area (Å²) in [7, 11) is 6.32. The van der Waals surface area contributed by atoms with E-state index in [4.69, 9.17) is 4.42 Å². The molecule has 0 aromatic carbocycles. The summed E-state index contributed by atoms with van der Waals surface area (Å²) in [5.74, 6) is 1.08. The van der Waals surface area contributed by atoms with Crippen LogP contribution in [-0.2, 0) is 13.1 Å². The molecule has 1 aromatic heterocycles. The number of hydrogen-bond donors (Lipinski definition) is 1. The van der Waals surface area contributed by atoms with Crippen LogP contribution in [0.25, 0.3) is 0 Å². The van der Waals surface area contributed by atoms with Gasteiger partial charge >= 0.3 is 0 Å². The molecule has 0 aliphatic carbocycles. The number of rotatable bonds is 5. The molecule has 0 saturated carbocycles. The van der Waals surface area contributed by atoms with Crippen LogP contribution >= 0.6 is 0 Å². The Morgan fingerprint density at radius 1 is 1.39 bits per heavy atom. The SMILES string of the molecule is CNCc1occc1CN1CCC(N(C)C)CC1. The molecule has 1 fully saturated rings.